The van der Waals surface area contributed by atoms with Crippen LogP contribution in [0.15, 0.2) is 12.3 Å². The van der Waals surface area contributed by atoms with Gasteiger partial charge in [0, 0.05) is 18.7 Å². The standard InChI is InChI=1S/C25H31N7O3S/c1-12-17(22-31-18-13(2)27-8-5-16(18)36-22)21(32-23(29-12)28-11-25(10-26)6-7-25)30-15-9-14(24(3,4)35)19(33)20(15)34/h5,8,14-15,19-20,33-35H,6-7,9,11H2,1-4H3,(H2,28,29,30,32)/t14-,15+,19+,20-/m0/s1. The number of aliphatic hydroxyl groups is 3. The van der Waals surface area contributed by atoms with Crippen molar-refractivity contribution in [2.24, 2.45) is 11.3 Å². The Kier molecular flexibility index (Phi) is 6.11. The van der Waals surface area contributed by atoms with Crippen LogP contribution in [0, 0.1) is 36.5 Å². The van der Waals surface area contributed by atoms with Crippen LogP contribution < -0.4 is 10.6 Å². The normalized spacial score (nSPS) is 25.1. The van der Waals surface area contributed by atoms with Crippen molar-refractivity contribution >= 4 is 33.3 Å². The number of hydrogen-bond donors (Lipinski definition) is 5. The minimum atomic E-state index is -1.15. The van der Waals surface area contributed by atoms with E-state index in [9.17, 15) is 20.6 Å². The van der Waals surface area contributed by atoms with Crippen molar-refractivity contribution in [1.29, 1.82) is 5.26 Å². The second-order valence-electron chi connectivity index (χ2n) is 10.6. The van der Waals surface area contributed by atoms with Gasteiger partial charge in [0.25, 0.3) is 0 Å². The van der Waals surface area contributed by atoms with Crippen LogP contribution in [0.25, 0.3) is 20.8 Å². The number of aromatic nitrogens is 4. The number of nitrogens with one attached hydrogen (secondary N) is 2. The van der Waals surface area contributed by atoms with Crippen molar-refractivity contribution < 1.29 is 15.3 Å². The van der Waals surface area contributed by atoms with Crippen molar-refractivity contribution in [2.75, 3.05) is 17.2 Å². The number of nitrogens with zero attached hydrogens (tertiary/aromatic N) is 5. The van der Waals surface area contributed by atoms with Crippen LogP contribution in [-0.4, -0.2) is 65.7 Å². The van der Waals surface area contributed by atoms with Crippen LogP contribution in [0.3, 0.4) is 0 Å². The Morgan fingerprint density at radius 3 is 2.53 bits per heavy atom. The van der Waals surface area contributed by atoms with Gasteiger partial charge in [-0.05, 0) is 53.0 Å². The minimum absolute atomic E-state index is 0.359. The van der Waals surface area contributed by atoms with E-state index in [2.05, 4.69) is 26.7 Å². The summed E-state index contributed by atoms with van der Waals surface area (Å²) in [7, 11) is 0. The Labute approximate surface area is 213 Å². The van der Waals surface area contributed by atoms with E-state index in [1.807, 2.05) is 19.9 Å². The third kappa shape index (κ3) is 4.50. The van der Waals surface area contributed by atoms with Gasteiger partial charge in [-0.2, -0.15) is 10.2 Å². The van der Waals surface area contributed by atoms with Gasteiger partial charge in [0.1, 0.15) is 22.4 Å². The van der Waals surface area contributed by atoms with E-state index in [4.69, 9.17) is 9.97 Å². The summed E-state index contributed by atoms with van der Waals surface area (Å²) >= 11 is 1.51. The number of thiazole rings is 1. The summed E-state index contributed by atoms with van der Waals surface area (Å²) < 4.78 is 0.994. The van der Waals surface area contributed by atoms with Crippen LogP contribution in [0.5, 0.6) is 0 Å². The van der Waals surface area contributed by atoms with E-state index < -0.39 is 29.8 Å². The van der Waals surface area contributed by atoms with Gasteiger partial charge in [-0.1, -0.05) is 0 Å². The molecular weight excluding hydrogens is 478 g/mol. The van der Waals surface area contributed by atoms with Crippen molar-refractivity contribution in [3.63, 3.8) is 0 Å². The molecule has 0 saturated heterocycles. The lowest BCUT2D eigenvalue weighted by Crippen LogP contribution is -2.40. The molecule has 0 amide bonds. The van der Waals surface area contributed by atoms with E-state index >= 15 is 0 Å². The van der Waals surface area contributed by atoms with Gasteiger partial charge in [-0.3, -0.25) is 4.98 Å². The molecule has 3 aromatic rings. The molecular formula is C25H31N7O3S. The highest BCUT2D eigenvalue weighted by molar-refractivity contribution is 7.21. The van der Waals surface area contributed by atoms with Crippen LogP contribution in [0.4, 0.5) is 11.8 Å². The van der Waals surface area contributed by atoms with Gasteiger partial charge in [0.15, 0.2) is 0 Å². The lowest BCUT2D eigenvalue weighted by molar-refractivity contribution is -0.0601. The zero-order valence-corrected chi connectivity index (χ0v) is 21.6. The van der Waals surface area contributed by atoms with E-state index in [-0.39, 0.29) is 5.41 Å². The largest absolute Gasteiger partial charge is 0.390 e. The van der Waals surface area contributed by atoms with Gasteiger partial charge < -0.3 is 26.0 Å². The molecule has 5 rings (SSSR count). The SMILES string of the molecule is Cc1nc(NCC2(C#N)CC2)nc(N[C@@H]2C[C@H](C(C)(C)O)[C@@H](O)[C@H]2O)c1-c1nc2c(C)nccc2s1. The summed E-state index contributed by atoms with van der Waals surface area (Å²) in [4.78, 5) is 18.6. The first kappa shape index (κ1) is 24.8. The highest BCUT2D eigenvalue weighted by Gasteiger charge is 2.48. The predicted molar refractivity (Wildman–Crippen MR) is 138 cm³/mol. The predicted octanol–water partition coefficient (Wildman–Crippen LogP) is 2.77. The Morgan fingerprint density at radius 2 is 1.92 bits per heavy atom. The second-order valence-corrected chi connectivity index (χ2v) is 11.6. The number of anilines is 2. The third-order valence-electron chi connectivity index (χ3n) is 7.38. The van der Waals surface area contributed by atoms with Gasteiger partial charge in [-0.25, -0.2) is 9.97 Å². The summed E-state index contributed by atoms with van der Waals surface area (Å²) in [5, 5.41) is 48.7. The molecule has 4 atom stereocenters. The summed E-state index contributed by atoms with van der Waals surface area (Å²) in [5.41, 5.74) is 1.52. The van der Waals surface area contributed by atoms with Crippen LogP contribution in [-0.2, 0) is 0 Å². The molecule has 2 fully saturated rings. The molecule has 0 aliphatic heterocycles. The molecule has 2 aliphatic rings. The molecule has 2 saturated carbocycles. The molecule has 0 spiro atoms. The molecule has 190 valence electrons. The van der Waals surface area contributed by atoms with Crippen LogP contribution in [0.1, 0.15) is 44.5 Å². The van der Waals surface area contributed by atoms with E-state index in [0.717, 1.165) is 33.8 Å². The topological polar surface area (TPSA) is 160 Å². The van der Waals surface area contributed by atoms with Gasteiger partial charge in [0.05, 0.1) is 50.9 Å². The highest BCUT2D eigenvalue weighted by Crippen LogP contribution is 2.45. The zero-order valence-electron chi connectivity index (χ0n) is 20.8. The minimum Gasteiger partial charge on any atom is -0.390 e. The Morgan fingerprint density at radius 1 is 1.17 bits per heavy atom. The first-order valence-corrected chi connectivity index (χ1v) is 12.9. The summed E-state index contributed by atoms with van der Waals surface area (Å²) in [6.07, 6.45) is 1.65. The average molecular weight is 510 g/mol. The number of rotatable bonds is 7. The number of nitriles is 1. The second kappa shape index (κ2) is 8.88. The maximum atomic E-state index is 10.8. The summed E-state index contributed by atoms with van der Waals surface area (Å²) in [6.45, 7) is 7.52. The first-order chi connectivity index (χ1) is 17.0. The Bertz CT molecular complexity index is 1340. The number of hydrogen-bond acceptors (Lipinski definition) is 11. The zero-order chi connectivity index (χ0) is 25.8. The van der Waals surface area contributed by atoms with Crippen molar-refractivity contribution in [3.05, 3.63) is 23.7 Å². The molecule has 0 unspecified atom stereocenters. The molecule has 3 aromatic heterocycles. The van der Waals surface area contributed by atoms with E-state index in [0.29, 0.717) is 36.0 Å². The number of aliphatic hydroxyl groups excluding tert-OH is 2. The maximum absolute atomic E-state index is 10.8. The van der Waals surface area contributed by atoms with E-state index in [1.54, 1.807) is 20.0 Å². The highest BCUT2D eigenvalue weighted by atomic mass is 32.1. The smallest absolute Gasteiger partial charge is 0.224 e. The third-order valence-corrected chi connectivity index (χ3v) is 8.42. The fourth-order valence-electron chi connectivity index (χ4n) is 4.88. The molecule has 36 heavy (non-hydrogen) atoms. The quantitative estimate of drug-likeness (QED) is 0.320. The van der Waals surface area contributed by atoms with Crippen molar-refractivity contribution in [2.45, 2.75) is 70.8 Å². The van der Waals surface area contributed by atoms with Crippen molar-refractivity contribution in [1.82, 2.24) is 19.9 Å². The Balaban J connectivity index is 1.53. The Hall–Kier alpha value is -2.91. The van der Waals surface area contributed by atoms with Gasteiger partial charge in [-0.15, -0.1) is 11.3 Å². The molecule has 11 heteroatoms. The first-order valence-electron chi connectivity index (χ1n) is 12.1. The number of fused-ring (bicyclic) bond motifs is 1. The number of pyridine rings is 1. The number of aryl methyl sites for hydroxylation is 2. The lowest BCUT2D eigenvalue weighted by Gasteiger charge is -2.28. The molecule has 5 N–H and O–H groups in total. The molecule has 0 aromatic carbocycles. The molecule has 3 heterocycles. The van der Waals surface area contributed by atoms with Crippen molar-refractivity contribution in [3.8, 4) is 16.6 Å². The maximum Gasteiger partial charge on any atom is 0.224 e. The van der Waals surface area contributed by atoms with Gasteiger partial charge in [0.2, 0.25) is 5.95 Å². The van der Waals surface area contributed by atoms with Crippen LogP contribution >= 0.6 is 11.3 Å². The molecule has 0 radical (unpaired) electrons. The van der Waals surface area contributed by atoms with Gasteiger partial charge >= 0.3 is 0 Å². The summed E-state index contributed by atoms with van der Waals surface area (Å²) in [5.74, 6) is 0.353. The summed E-state index contributed by atoms with van der Waals surface area (Å²) in [6, 6.07) is 3.75. The van der Waals surface area contributed by atoms with Crippen LogP contribution in [0.2, 0.25) is 0 Å². The van der Waals surface area contributed by atoms with E-state index in [1.165, 1.54) is 11.3 Å². The average Bonchev–Trinajstić information content (AvgIpc) is 3.38. The molecule has 10 nitrogen and oxygen atoms in total. The fraction of sp³-hybridized carbons (Fsp3) is 0.560. The lowest BCUT2D eigenvalue weighted by atomic mass is 9.88. The molecule has 2 aliphatic carbocycles. The monoisotopic (exact) mass is 509 g/mol. The fourth-order valence-corrected chi connectivity index (χ4v) is 5.99. The molecule has 0 bridgehead atoms.